The molecule has 0 atom stereocenters. The molecule has 0 spiro atoms. The van der Waals surface area contributed by atoms with Crippen molar-refractivity contribution in [2.45, 2.75) is 6.92 Å². The molecule has 0 aromatic heterocycles. The molecular weight excluding hydrogens is 306 g/mol. The zero-order valence-corrected chi connectivity index (χ0v) is 14.9. The SMILES string of the molecule is COc1ccc([P-]C(=O)c2c(OC)cccc2OC)c(C)c1.[Li+]. The molecule has 0 saturated heterocycles. The van der Waals surface area contributed by atoms with Crippen LogP contribution in [0.1, 0.15) is 15.9 Å². The van der Waals surface area contributed by atoms with Crippen LogP contribution in [0.3, 0.4) is 0 Å². The summed E-state index contributed by atoms with van der Waals surface area (Å²) in [7, 11) is 5.28. The molecule has 0 amide bonds. The van der Waals surface area contributed by atoms with Crippen molar-refractivity contribution in [2.24, 2.45) is 0 Å². The molecule has 0 saturated carbocycles. The number of carbonyl (C=O) groups is 1. The van der Waals surface area contributed by atoms with Crippen molar-refractivity contribution in [3.05, 3.63) is 47.5 Å². The first kappa shape index (κ1) is 19.6. The Bertz CT molecular complexity index is 666. The summed E-state index contributed by atoms with van der Waals surface area (Å²) in [5, 5.41) is 0.929. The Morgan fingerprint density at radius 3 is 2.04 bits per heavy atom. The number of hydrogen-bond donors (Lipinski definition) is 0. The largest absolute Gasteiger partial charge is 1.00 e. The molecular formula is C17H18LiO4P. The van der Waals surface area contributed by atoms with Crippen LogP contribution >= 0.6 is 8.58 Å². The molecule has 2 aromatic rings. The summed E-state index contributed by atoms with van der Waals surface area (Å²) in [6.07, 6.45) is 0. The third-order valence-electron chi connectivity index (χ3n) is 3.27. The van der Waals surface area contributed by atoms with Gasteiger partial charge >= 0.3 is 18.9 Å². The molecule has 6 heteroatoms. The van der Waals surface area contributed by atoms with Gasteiger partial charge in [-0.05, 0) is 31.2 Å². The molecule has 0 fully saturated rings. The monoisotopic (exact) mass is 324 g/mol. The van der Waals surface area contributed by atoms with Gasteiger partial charge in [0.2, 0.25) is 0 Å². The predicted molar refractivity (Wildman–Crippen MR) is 88.2 cm³/mol. The average Bonchev–Trinajstić information content (AvgIpc) is 2.55. The smallest absolute Gasteiger partial charge is 0.497 e. The first-order valence-corrected chi connectivity index (χ1v) is 7.61. The zero-order chi connectivity index (χ0) is 16.1. The second kappa shape index (κ2) is 8.99. The topological polar surface area (TPSA) is 44.8 Å². The summed E-state index contributed by atoms with van der Waals surface area (Å²) in [5.41, 5.74) is 1.40. The minimum atomic E-state index is -0.0671. The summed E-state index contributed by atoms with van der Waals surface area (Å²) >= 11 is 0. The summed E-state index contributed by atoms with van der Waals surface area (Å²) in [6, 6.07) is 11.0. The van der Waals surface area contributed by atoms with E-state index in [1.54, 1.807) is 39.5 Å². The molecule has 2 aromatic carbocycles. The van der Waals surface area contributed by atoms with E-state index < -0.39 is 0 Å². The molecule has 2 rings (SSSR count). The summed E-state index contributed by atoms with van der Waals surface area (Å²) in [4.78, 5) is 12.7. The Labute approximate surface area is 150 Å². The van der Waals surface area contributed by atoms with Gasteiger partial charge in [-0.1, -0.05) is 17.7 Å². The third kappa shape index (κ3) is 4.51. The summed E-state index contributed by atoms with van der Waals surface area (Å²) < 4.78 is 15.8. The number of aryl methyl sites for hydroxylation is 1. The van der Waals surface area contributed by atoms with Crippen LogP contribution in [0.25, 0.3) is 0 Å². The van der Waals surface area contributed by atoms with Gasteiger partial charge in [0.1, 0.15) is 17.2 Å². The van der Waals surface area contributed by atoms with Crippen molar-refractivity contribution >= 4 is 19.4 Å². The van der Waals surface area contributed by atoms with Crippen LogP contribution in [0.5, 0.6) is 17.2 Å². The fourth-order valence-corrected chi connectivity index (χ4v) is 3.05. The molecule has 0 unspecified atom stereocenters. The fourth-order valence-electron chi connectivity index (χ4n) is 2.11. The van der Waals surface area contributed by atoms with Crippen molar-refractivity contribution in [2.75, 3.05) is 21.3 Å². The van der Waals surface area contributed by atoms with E-state index in [2.05, 4.69) is 0 Å². The second-order valence-electron chi connectivity index (χ2n) is 4.61. The van der Waals surface area contributed by atoms with Crippen LogP contribution in [-0.4, -0.2) is 26.9 Å². The van der Waals surface area contributed by atoms with E-state index in [9.17, 15) is 4.79 Å². The van der Waals surface area contributed by atoms with Crippen molar-refractivity contribution in [1.82, 2.24) is 0 Å². The zero-order valence-electron chi connectivity index (χ0n) is 14.0. The number of benzene rings is 2. The Hall–Kier alpha value is -1.46. The van der Waals surface area contributed by atoms with E-state index in [0.717, 1.165) is 16.6 Å². The standard InChI is InChI=1S/C17H18O4P.Li/c1-11-10-12(19-2)8-9-15(11)22-17(18)16-13(20-3)6-5-7-14(16)21-4;/h5-10H,1-4H3;/q-1;+1. The molecule has 23 heavy (non-hydrogen) atoms. The average molecular weight is 324 g/mol. The van der Waals surface area contributed by atoms with Crippen LogP contribution in [0.4, 0.5) is 0 Å². The van der Waals surface area contributed by atoms with Crippen LogP contribution in [0.2, 0.25) is 0 Å². The Kier molecular flexibility index (Phi) is 7.65. The van der Waals surface area contributed by atoms with E-state index in [1.165, 1.54) is 0 Å². The number of hydrogen-bond acceptors (Lipinski definition) is 4. The maximum Gasteiger partial charge on any atom is 1.00 e. The Balaban J connectivity index is 0.00000264. The van der Waals surface area contributed by atoms with Gasteiger partial charge in [0.15, 0.2) is 0 Å². The molecule has 0 heterocycles. The molecule has 0 N–H and O–H groups in total. The van der Waals surface area contributed by atoms with Gasteiger partial charge in [0.05, 0.1) is 26.9 Å². The van der Waals surface area contributed by atoms with Crippen molar-refractivity contribution < 1.29 is 37.9 Å². The molecule has 0 aliphatic rings. The van der Waals surface area contributed by atoms with Gasteiger partial charge in [-0.3, -0.25) is 0 Å². The third-order valence-corrected chi connectivity index (χ3v) is 4.44. The van der Waals surface area contributed by atoms with E-state index in [-0.39, 0.29) is 24.4 Å². The van der Waals surface area contributed by atoms with Gasteiger partial charge in [-0.25, -0.2) is 0 Å². The molecule has 0 bridgehead atoms. The Morgan fingerprint density at radius 1 is 0.957 bits per heavy atom. The molecule has 0 aliphatic carbocycles. The summed E-state index contributed by atoms with van der Waals surface area (Å²) in [6.45, 7) is 1.96. The minimum absolute atomic E-state index is 0. The molecule has 4 nitrogen and oxygen atoms in total. The van der Waals surface area contributed by atoms with Gasteiger partial charge in [-0.15, -0.1) is 0 Å². The minimum Gasteiger partial charge on any atom is -0.497 e. The van der Waals surface area contributed by atoms with Crippen molar-refractivity contribution in [3.63, 3.8) is 0 Å². The molecule has 116 valence electrons. The quantitative estimate of drug-likeness (QED) is 0.571. The first-order valence-electron chi connectivity index (χ1n) is 6.72. The maximum atomic E-state index is 12.7. The van der Waals surface area contributed by atoms with E-state index in [0.29, 0.717) is 25.6 Å². The van der Waals surface area contributed by atoms with Gasteiger partial charge in [0, 0.05) is 5.52 Å². The van der Waals surface area contributed by atoms with Crippen molar-refractivity contribution in [3.8, 4) is 17.2 Å². The second-order valence-corrected chi connectivity index (χ2v) is 5.72. The normalized spacial score (nSPS) is 10.3. The van der Waals surface area contributed by atoms with Crippen LogP contribution in [0.15, 0.2) is 36.4 Å². The Morgan fingerprint density at radius 2 is 1.57 bits per heavy atom. The van der Waals surface area contributed by atoms with Crippen LogP contribution < -0.4 is 38.4 Å². The molecule has 0 aliphatic heterocycles. The fraction of sp³-hybridized carbons (Fsp3) is 0.235. The van der Waals surface area contributed by atoms with E-state index >= 15 is 0 Å². The molecule has 0 radical (unpaired) electrons. The van der Waals surface area contributed by atoms with E-state index in [1.807, 2.05) is 25.1 Å². The van der Waals surface area contributed by atoms with Crippen LogP contribution in [0, 0.1) is 6.92 Å². The van der Waals surface area contributed by atoms with Gasteiger partial charge in [-0.2, -0.15) is 5.30 Å². The van der Waals surface area contributed by atoms with E-state index in [4.69, 9.17) is 14.2 Å². The number of carbonyl (C=O) groups excluding carboxylic acids is 1. The first-order chi connectivity index (χ1) is 10.6. The van der Waals surface area contributed by atoms with Crippen molar-refractivity contribution in [1.29, 1.82) is 0 Å². The number of rotatable bonds is 6. The van der Waals surface area contributed by atoms with Gasteiger partial charge < -0.3 is 27.6 Å². The number of methoxy groups -OCH3 is 3. The maximum absolute atomic E-state index is 12.7. The number of ether oxygens (including phenoxy) is 3. The van der Waals surface area contributed by atoms with Crippen LogP contribution in [-0.2, 0) is 0 Å². The summed E-state index contributed by atoms with van der Waals surface area (Å²) in [5.74, 6) is 1.81. The predicted octanol–water partition coefficient (Wildman–Crippen LogP) is 0.437. The van der Waals surface area contributed by atoms with Gasteiger partial charge in [0.25, 0.3) is 0 Å².